The Morgan fingerprint density at radius 1 is 1.24 bits per heavy atom. The zero-order chi connectivity index (χ0) is 14.8. The molecule has 0 atom stereocenters. The van der Waals surface area contributed by atoms with Gasteiger partial charge in [0.25, 0.3) is 0 Å². The van der Waals surface area contributed by atoms with Gasteiger partial charge in [-0.25, -0.2) is 4.79 Å². The maximum atomic E-state index is 12.0. The second kappa shape index (κ2) is 5.28. The highest BCUT2D eigenvalue weighted by molar-refractivity contribution is 5.95. The van der Waals surface area contributed by atoms with E-state index in [1.807, 2.05) is 0 Å². The number of fused-ring (bicyclic) bond motifs is 2. The molecule has 0 unspecified atom stereocenters. The van der Waals surface area contributed by atoms with E-state index in [4.69, 9.17) is 14.2 Å². The average molecular weight is 284 g/mol. The first-order valence-electron chi connectivity index (χ1n) is 6.33. The van der Waals surface area contributed by atoms with Gasteiger partial charge in [0.15, 0.2) is 11.5 Å². The number of para-hydroxylation sites is 1. The van der Waals surface area contributed by atoms with E-state index in [9.17, 15) is 9.59 Å². The smallest absolute Gasteiger partial charge is 0.342 e. The number of ether oxygens (including phenoxy) is 3. The van der Waals surface area contributed by atoms with Gasteiger partial charge < -0.3 is 14.2 Å². The minimum absolute atomic E-state index is 0.0795. The lowest BCUT2D eigenvalue weighted by atomic mass is 10.1. The van der Waals surface area contributed by atoms with Crippen LogP contribution in [0.1, 0.15) is 26.3 Å². The predicted molar refractivity (Wildman–Crippen MR) is 74.0 cm³/mol. The molecule has 1 aliphatic rings. The normalized spacial score (nSPS) is 12.9. The largest absolute Gasteiger partial charge is 0.493 e. The highest BCUT2D eigenvalue weighted by Crippen LogP contribution is 2.38. The van der Waals surface area contributed by atoms with Crippen LogP contribution in [0.15, 0.2) is 36.4 Å². The van der Waals surface area contributed by atoms with Crippen LogP contribution >= 0.6 is 0 Å². The number of rotatable bonds is 2. The summed E-state index contributed by atoms with van der Waals surface area (Å²) in [6, 6.07) is 9.97. The summed E-state index contributed by atoms with van der Waals surface area (Å²) in [5.41, 5.74) is 1.32. The molecule has 0 aliphatic carbocycles. The molecule has 0 N–H and O–H groups in total. The number of methoxy groups -OCH3 is 1. The van der Waals surface area contributed by atoms with E-state index in [0.717, 1.165) is 0 Å². The third-order valence-corrected chi connectivity index (χ3v) is 3.21. The molecule has 0 spiro atoms. The van der Waals surface area contributed by atoms with Crippen LogP contribution in [0.5, 0.6) is 17.2 Å². The van der Waals surface area contributed by atoms with Crippen molar-refractivity contribution >= 4 is 12.3 Å². The van der Waals surface area contributed by atoms with E-state index in [2.05, 4.69) is 0 Å². The van der Waals surface area contributed by atoms with Crippen molar-refractivity contribution in [2.45, 2.75) is 6.61 Å². The molecule has 0 amide bonds. The van der Waals surface area contributed by atoms with E-state index in [-0.39, 0.29) is 12.2 Å². The second-order valence-corrected chi connectivity index (χ2v) is 4.50. The van der Waals surface area contributed by atoms with Crippen LogP contribution in [0.25, 0.3) is 0 Å². The maximum absolute atomic E-state index is 12.0. The van der Waals surface area contributed by atoms with E-state index < -0.39 is 5.97 Å². The zero-order valence-electron chi connectivity index (χ0n) is 11.3. The fourth-order valence-electron chi connectivity index (χ4n) is 2.15. The summed E-state index contributed by atoms with van der Waals surface area (Å²) in [6.07, 6.45) is 0.668. The fourth-order valence-corrected chi connectivity index (χ4v) is 2.15. The number of esters is 1. The molecule has 2 aromatic rings. The van der Waals surface area contributed by atoms with E-state index in [1.54, 1.807) is 37.4 Å². The fraction of sp³-hybridized carbons (Fsp3) is 0.125. The van der Waals surface area contributed by atoms with Gasteiger partial charge in [-0.05, 0) is 24.3 Å². The molecule has 0 radical (unpaired) electrons. The number of hydrogen-bond donors (Lipinski definition) is 0. The lowest BCUT2D eigenvalue weighted by Crippen LogP contribution is -2.11. The monoisotopic (exact) mass is 284 g/mol. The summed E-state index contributed by atoms with van der Waals surface area (Å²) in [5, 5.41) is 0. The molecule has 106 valence electrons. The van der Waals surface area contributed by atoms with Gasteiger partial charge in [0.2, 0.25) is 0 Å². The van der Waals surface area contributed by atoms with Gasteiger partial charge in [0, 0.05) is 11.1 Å². The Kier molecular flexibility index (Phi) is 3.31. The molecular formula is C16H12O5. The van der Waals surface area contributed by atoms with Gasteiger partial charge in [0.1, 0.15) is 24.2 Å². The van der Waals surface area contributed by atoms with Crippen molar-refractivity contribution in [3.8, 4) is 17.2 Å². The Morgan fingerprint density at radius 2 is 2.10 bits per heavy atom. The summed E-state index contributed by atoms with van der Waals surface area (Å²) >= 11 is 0. The van der Waals surface area contributed by atoms with Gasteiger partial charge >= 0.3 is 5.97 Å². The van der Waals surface area contributed by atoms with Crippen molar-refractivity contribution in [1.29, 1.82) is 0 Å². The minimum Gasteiger partial charge on any atom is -0.493 e. The standard InChI is InChI=1S/C16H12O5/c1-19-14-4-2-3-11-9-20-16(18)12-7-10(8-17)5-6-13(12)21-15(11)14/h2-8H,9H2,1H3. The van der Waals surface area contributed by atoms with Crippen LogP contribution in [0, 0.1) is 0 Å². The molecule has 3 rings (SSSR count). The van der Waals surface area contributed by atoms with Crippen molar-refractivity contribution < 1.29 is 23.8 Å². The molecular weight excluding hydrogens is 272 g/mol. The molecule has 2 aromatic carbocycles. The van der Waals surface area contributed by atoms with Crippen molar-refractivity contribution in [3.63, 3.8) is 0 Å². The predicted octanol–water partition coefficient (Wildman–Crippen LogP) is 2.97. The SMILES string of the molecule is COc1cccc2c1Oc1ccc(C=O)cc1C(=O)OC2. The molecule has 1 heterocycles. The zero-order valence-corrected chi connectivity index (χ0v) is 11.3. The summed E-state index contributed by atoms with van der Waals surface area (Å²) in [6.45, 7) is 0.0795. The highest BCUT2D eigenvalue weighted by atomic mass is 16.5. The molecule has 5 heteroatoms. The molecule has 21 heavy (non-hydrogen) atoms. The summed E-state index contributed by atoms with van der Waals surface area (Å²) in [4.78, 5) is 22.9. The quantitative estimate of drug-likeness (QED) is 0.626. The van der Waals surface area contributed by atoms with Crippen LogP contribution in [0.4, 0.5) is 0 Å². The number of hydrogen-bond acceptors (Lipinski definition) is 5. The van der Waals surface area contributed by atoms with E-state index in [1.165, 1.54) is 6.07 Å². The first-order chi connectivity index (χ1) is 10.2. The molecule has 5 nitrogen and oxygen atoms in total. The van der Waals surface area contributed by atoms with Crippen LogP contribution in [0.3, 0.4) is 0 Å². The lowest BCUT2D eigenvalue weighted by molar-refractivity contribution is 0.0459. The Bertz CT molecular complexity index is 721. The Labute approximate surface area is 121 Å². The first-order valence-corrected chi connectivity index (χ1v) is 6.33. The van der Waals surface area contributed by atoms with Crippen molar-refractivity contribution in [2.24, 2.45) is 0 Å². The van der Waals surface area contributed by atoms with Crippen LogP contribution in [-0.4, -0.2) is 19.4 Å². The Balaban J connectivity index is 2.14. The van der Waals surface area contributed by atoms with Crippen molar-refractivity contribution in [3.05, 3.63) is 53.1 Å². The van der Waals surface area contributed by atoms with Crippen molar-refractivity contribution in [2.75, 3.05) is 7.11 Å². The molecule has 0 bridgehead atoms. The Hall–Kier alpha value is -2.82. The summed E-state index contributed by atoms with van der Waals surface area (Å²) in [7, 11) is 1.54. The first kappa shape index (κ1) is 13.2. The van der Waals surface area contributed by atoms with Crippen LogP contribution in [-0.2, 0) is 11.3 Å². The second-order valence-electron chi connectivity index (χ2n) is 4.50. The summed E-state index contributed by atoms with van der Waals surface area (Å²) < 4.78 is 16.4. The molecule has 0 aromatic heterocycles. The number of aldehydes is 1. The number of carbonyl (C=O) groups excluding carboxylic acids is 2. The summed E-state index contributed by atoms with van der Waals surface area (Å²) in [5.74, 6) is 0.863. The molecule has 1 aliphatic heterocycles. The lowest BCUT2D eigenvalue weighted by Gasteiger charge is -2.19. The van der Waals surface area contributed by atoms with Gasteiger partial charge in [-0.3, -0.25) is 4.79 Å². The van der Waals surface area contributed by atoms with Gasteiger partial charge in [-0.2, -0.15) is 0 Å². The van der Waals surface area contributed by atoms with E-state index in [0.29, 0.717) is 34.7 Å². The maximum Gasteiger partial charge on any atom is 0.342 e. The molecule has 0 saturated carbocycles. The van der Waals surface area contributed by atoms with E-state index >= 15 is 0 Å². The van der Waals surface area contributed by atoms with Gasteiger partial charge in [-0.1, -0.05) is 12.1 Å². The Morgan fingerprint density at radius 3 is 2.86 bits per heavy atom. The topological polar surface area (TPSA) is 61.8 Å². The number of carbonyl (C=O) groups is 2. The van der Waals surface area contributed by atoms with Crippen LogP contribution in [0.2, 0.25) is 0 Å². The average Bonchev–Trinajstić information content (AvgIpc) is 2.52. The number of benzene rings is 2. The molecule has 0 saturated heterocycles. The highest BCUT2D eigenvalue weighted by Gasteiger charge is 2.22. The van der Waals surface area contributed by atoms with Gasteiger partial charge in [0.05, 0.1) is 7.11 Å². The third-order valence-electron chi connectivity index (χ3n) is 3.21. The van der Waals surface area contributed by atoms with Crippen LogP contribution < -0.4 is 9.47 Å². The minimum atomic E-state index is -0.526. The molecule has 0 fully saturated rings. The van der Waals surface area contributed by atoms with Crippen molar-refractivity contribution in [1.82, 2.24) is 0 Å². The van der Waals surface area contributed by atoms with Gasteiger partial charge in [-0.15, -0.1) is 0 Å². The third kappa shape index (κ3) is 2.33. The number of cyclic esters (lactones) is 1.